The molecule has 48 valence electrons. The number of pyridine rings is 1. The van der Waals surface area contributed by atoms with E-state index in [9.17, 15) is 4.39 Å². The predicted octanol–water partition coefficient (Wildman–Crippen LogP) is 0.659. The van der Waals surface area contributed by atoms with Crippen molar-refractivity contribution in [1.29, 1.82) is 0 Å². The van der Waals surface area contributed by atoms with Crippen molar-refractivity contribution in [2.45, 2.75) is 6.92 Å². The summed E-state index contributed by atoms with van der Waals surface area (Å²) in [6, 6.07) is 2.79. The second-order valence-electron chi connectivity index (χ2n) is 1.83. The number of hydrogen-bond donors (Lipinski definition) is 1. The quantitative estimate of drug-likeness (QED) is 0.402. The number of aromatic nitrogens is 1. The zero-order chi connectivity index (χ0) is 6.85. The van der Waals surface area contributed by atoms with Gasteiger partial charge in [-0.2, -0.15) is 0 Å². The van der Waals surface area contributed by atoms with Crippen molar-refractivity contribution in [2.24, 2.45) is 0 Å². The van der Waals surface area contributed by atoms with E-state index in [4.69, 9.17) is 5.21 Å². The molecule has 0 aliphatic carbocycles. The van der Waals surface area contributed by atoms with Crippen LogP contribution in [0.4, 0.5) is 4.39 Å². The van der Waals surface area contributed by atoms with E-state index >= 15 is 0 Å². The number of halogens is 1. The Labute approximate surface area is 52.1 Å². The Morgan fingerprint density at radius 1 is 1.56 bits per heavy atom. The lowest BCUT2D eigenvalue weighted by Gasteiger charge is -1.86. The second-order valence-corrected chi connectivity index (χ2v) is 1.83. The molecule has 2 nitrogen and oxygen atoms in total. The summed E-state index contributed by atoms with van der Waals surface area (Å²) < 4.78 is 12.9. The van der Waals surface area contributed by atoms with Crippen molar-refractivity contribution in [3.05, 3.63) is 29.8 Å². The first-order valence-corrected chi connectivity index (χ1v) is 2.57. The Kier molecular flexibility index (Phi) is 1.34. The molecule has 0 amide bonds. The first-order valence-electron chi connectivity index (χ1n) is 2.57. The highest BCUT2D eigenvalue weighted by Crippen LogP contribution is 1.92. The molecule has 1 aromatic rings. The van der Waals surface area contributed by atoms with Gasteiger partial charge in [0.15, 0.2) is 5.82 Å². The van der Waals surface area contributed by atoms with Crippen LogP contribution in [0, 0.1) is 12.7 Å². The van der Waals surface area contributed by atoms with Crippen LogP contribution < -0.4 is 4.73 Å². The van der Waals surface area contributed by atoms with Gasteiger partial charge in [0.25, 0.3) is 6.20 Å². The van der Waals surface area contributed by atoms with E-state index in [0.29, 0.717) is 5.69 Å². The van der Waals surface area contributed by atoms with Crippen LogP contribution in [0.1, 0.15) is 5.69 Å². The Bertz CT molecular complexity index is 224. The second kappa shape index (κ2) is 2.01. The van der Waals surface area contributed by atoms with Gasteiger partial charge >= 0.3 is 0 Å². The molecule has 1 aromatic heterocycles. The first-order chi connectivity index (χ1) is 4.20. The van der Waals surface area contributed by atoms with Crippen LogP contribution in [-0.2, 0) is 0 Å². The van der Waals surface area contributed by atoms with Crippen LogP contribution in [0.3, 0.4) is 0 Å². The van der Waals surface area contributed by atoms with Gasteiger partial charge in [-0.15, -0.1) is 0 Å². The summed E-state index contributed by atoms with van der Waals surface area (Å²) >= 11 is 0. The molecule has 1 N–H and O–H groups in total. The molecule has 1 heterocycles. The van der Waals surface area contributed by atoms with Crippen LogP contribution in [0.15, 0.2) is 18.3 Å². The summed E-state index contributed by atoms with van der Waals surface area (Å²) in [4.78, 5) is 0. The monoisotopic (exact) mass is 128 g/mol. The predicted molar refractivity (Wildman–Crippen MR) is 28.5 cm³/mol. The molecular formula is C6H7FNO+. The normalized spacial score (nSPS) is 9.56. The van der Waals surface area contributed by atoms with Crippen molar-refractivity contribution in [3.63, 3.8) is 0 Å². The molecule has 1 rings (SSSR count). The van der Waals surface area contributed by atoms with Gasteiger partial charge in [0, 0.05) is 17.7 Å². The molecule has 0 bridgehead atoms. The van der Waals surface area contributed by atoms with Gasteiger partial charge < -0.3 is 0 Å². The maximum Gasteiger partial charge on any atom is 0.258 e. The van der Waals surface area contributed by atoms with Crippen molar-refractivity contribution < 1.29 is 14.3 Å². The van der Waals surface area contributed by atoms with Gasteiger partial charge in [-0.25, -0.2) is 4.39 Å². The lowest BCUT2D eigenvalue weighted by molar-refractivity contribution is -0.909. The molecule has 0 unspecified atom stereocenters. The molecule has 0 saturated carbocycles. The molecule has 3 heteroatoms. The summed E-state index contributed by atoms with van der Waals surface area (Å²) in [7, 11) is 0. The van der Waals surface area contributed by atoms with Gasteiger partial charge in [0.2, 0.25) is 5.69 Å². The molecule has 0 aliphatic rings. The lowest BCUT2D eigenvalue weighted by atomic mass is 10.4. The van der Waals surface area contributed by atoms with E-state index in [-0.39, 0.29) is 0 Å². The minimum atomic E-state index is -0.442. The molecule has 0 saturated heterocycles. The van der Waals surface area contributed by atoms with Crippen molar-refractivity contribution in [3.8, 4) is 0 Å². The van der Waals surface area contributed by atoms with Gasteiger partial charge in [-0.05, 0) is 6.07 Å². The SMILES string of the molecule is Cc1ccc(F)c[n+]1O. The fourth-order valence-corrected chi connectivity index (χ4v) is 0.538. The molecule has 0 spiro atoms. The summed E-state index contributed by atoms with van der Waals surface area (Å²) in [6.07, 6.45) is 1.01. The molecular weight excluding hydrogens is 121 g/mol. The standard InChI is InChI=1S/C6H7FNO/c1-5-2-3-6(7)4-8(5)9/h2-4,9H,1H3/q+1. The Balaban J connectivity index is 3.17. The third kappa shape index (κ3) is 1.16. The smallest absolute Gasteiger partial charge is 0.258 e. The summed E-state index contributed by atoms with van der Waals surface area (Å²) in [5.74, 6) is -0.442. The van der Waals surface area contributed by atoms with E-state index in [0.717, 1.165) is 10.9 Å². The van der Waals surface area contributed by atoms with Crippen LogP contribution in [0.2, 0.25) is 0 Å². The average molecular weight is 128 g/mol. The van der Waals surface area contributed by atoms with Crippen LogP contribution in [0.5, 0.6) is 0 Å². The molecule has 0 fully saturated rings. The molecule has 0 radical (unpaired) electrons. The lowest BCUT2D eigenvalue weighted by Crippen LogP contribution is -2.33. The van der Waals surface area contributed by atoms with E-state index in [1.807, 2.05) is 0 Å². The highest BCUT2D eigenvalue weighted by Gasteiger charge is 2.03. The molecule has 9 heavy (non-hydrogen) atoms. The summed E-state index contributed by atoms with van der Waals surface area (Å²) in [6.45, 7) is 1.68. The highest BCUT2D eigenvalue weighted by molar-refractivity contribution is 4.96. The fraction of sp³-hybridized carbons (Fsp3) is 0.167. The molecule has 0 atom stereocenters. The maximum absolute atomic E-state index is 12.2. The van der Waals surface area contributed by atoms with Gasteiger partial charge in [0.1, 0.15) is 0 Å². The third-order valence-corrected chi connectivity index (χ3v) is 1.09. The highest BCUT2D eigenvalue weighted by atomic mass is 19.1. The zero-order valence-corrected chi connectivity index (χ0v) is 5.00. The topological polar surface area (TPSA) is 24.1 Å². The van der Waals surface area contributed by atoms with Crippen LogP contribution in [-0.4, -0.2) is 5.21 Å². The minimum absolute atomic E-state index is 0.442. The van der Waals surface area contributed by atoms with E-state index < -0.39 is 5.82 Å². The van der Waals surface area contributed by atoms with Crippen molar-refractivity contribution in [1.82, 2.24) is 0 Å². The van der Waals surface area contributed by atoms with E-state index in [1.54, 1.807) is 6.92 Å². The number of aryl methyl sites for hydroxylation is 1. The van der Waals surface area contributed by atoms with E-state index in [1.165, 1.54) is 12.1 Å². The van der Waals surface area contributed by atoms with Gasteiger partial charge in [-0.3, -0.25) is 5.21 Å². The zero-order valence-electron chi connectivity index (χ0n) is 5.00. The minimum Gasteiger partial charge on any atom is -0.285 e. The molecule has 0 aliphatic heterocycles. The van der Waals surface area contributed by atoms with Crippen molar-refractivity contribution in [2.75, 3.05) is 0 Å². The first kappa shape index (κ1) is 6.01. The Morgan fingerprint density at radius 2 is 2.22 bits per heavy atom. The maximum atomic E-state index is 12.2. The molecule has 0 aromatic carbocycles. The average Bonchev–Trinajstić information content (AvgIpc) is 1.80. The largest absolute Gasteiger partial charge is 0.285 e. The van der Waals surface area contributed by atoms with Gasteiger partial charge in [-0.1, -0.05) is 0 Å². The van der Waals surface area contributed by atoms with Gasteiger partial charge in [0.05, 0.1) is 0 Å². The van der Waals surface area contributed by atoms with Crippen LogP contribution in [0.25, 0.3) is 0 Å². The Morgan fingerprint density at radius 3 is 2.67 bits per heavy atom. The summed E-state index contributed by atoms with van der Waals surface area (Å²) in [5, 5.41) is 8.78. The number of rotatable bonds is 0. The Hall–Kier alpha value is -1.12. The summed E-state index contributed by atoms with van der Waals surface area (Å²) in [5.41, 5.74) is 0.608. The van der Waals surface area contributed by atoms with E-state index in [2.05, 4.69) is 0 Å². The fourth-order valence-electron chi connectivity index (χ4n) is 0.538. The van der Waals surface area contributed by atoms with Crippen LogP contribution >= 0.6 is 0 Å². The van der Waals surface area contributed by atoms with Crippen molar-refractivity contribution >= 4 is 0 Å². The third-order valence-electron chi connectivity index (χ3n) is 1.09. The number of nitrogens with zero attached hydrogens (tertiary/aromatic N) is 1. The number of hydrogen-bond acceptors (Lipinski definition) is 1.